The van der Waals surface area contributed by atoms with E-state index in [1.165, 1.54) is 4.57 Å². The summed E-state index contributed by atoms with van der Waals surface area (Å²) in [5, 5.41) is 0. The van der Waals surface area contributed by atoms with Crippen LogP contribution in [0.4, 0.5) is 5.82 Å². The topological polar surface area (TPSA) is 114 Å². The number of aromatic nitrogens is 2. The van der Waals surface area contributed by atoms with Crippen molar-refractivity contribution in [3.8, 4) is 0 Å². The second-order valence-electron chi connectivity index (χ2n) is 7.70. The minimum absolute atomic E-state index is 0.0688. The Morgan fingerprint density at radius 3 is 2.03 bits per heavy atom. The van der Waals surface area contributed by atoms with Gasteiger partial charge in [-0.1, -0.05) is 36.4 Å². The maximum Gasteiger partial charge on any atom is 0.349 e. The highest BCUT2D eigenvalue weighted by molar-refractivity contribution is 5.89. The van der Waals surface area contributed by atoms with Crippen molar-refractivity contribution in [3.05, 3.63) is 94.5 Å². The fourth-order valence-electron chi connectivity index (χ4n) is 3.88. The predicted octanol–water partition coefficient (Wildman–Crippen LogP) is 2.72. The van der Waals surface area contributed by atoms with E-state index in [9.17, 15) is 14.4 Å². The molecule has 0 radical (unpaired) electrons. The number of nitrogens with zero attached hydrogens (tertiary/aromatic N) is 2. The minimum Gasteiger partial charge on any atom is -0.462 e. The van der Waals surface area contributed by atoms with Crippen molar-refractivity contribution in [1.29, 1.82) is 0 Å². The van der Waals surface area contributed by atoms with Crippen LogP contribution in [0.25, 0.3) is 0 Å². The minimum atomic E-state index is -0.464. The van der Waals surface area contributed by atoms with Gasteiger partial charge in [0.15, 0.2) is 0 Å². The zero-order valence-corrected chi connectivity index (χ0v) is 17.3. The molecule has 1 heterocycles. The van der Waals surface area contributed by atoms with Gasteiger partial charge in [-0.2, -0.15) is 4.98 Å². The van der Waals surface area contributed by atoms with Crippen LogP contribution in [0.15, 0.2) is 77.7 Å². The largest absolute Gasteiger partial charge is 0.462 e. The molecule has 1 fully saturated rings. The third kappa shape index (κ3) is 4.69. The van der Waals surface area contributed by atoms with Crippen LogP contribution in [0.3, 0.4) is 0 Å². The summed E-state index contributed by atoms with van der Waals surface area (Å²) < 4.78 is 12.5. The van der Waals surface area contributed by atoms with Gasteiger partial charge in [0.05, 0.1) is 24.3 Å². The first kappa shape index (κ1) is 21.3. The molecule has 0 saturated heterocycles. The molecule has 4 rings (SSSR count). The van der Waals surface area contributed by atoms with Crippen molar-refractivity contribution in [2.75, 3.05) is 18.9 Å². The molecule has 164 valence electrons. The fraction of sp³-hybridized carbons (Fsp3) is 0.250. The number of esters is 2. The molecule has 2 aromatic carbocycles. The van der Waals surface area contributed by atoms with Crippen LogP contribution in [0.5, 0.6) is 0 Å². The zero-order chi connectivity index (χ0) is 22.5. The van der Waals surface area contributed by atoms with E-state index >= 15 is 0 Å². The van der Waals surface area contributed by atoms with Crippen LogP contribution in [0.1, 0.15) is 33.2 Å². The Kier molecular flexibility index (Phi) is 6.30. The molecule has 0 spiro atoms. The summed E-state index contributed by atoms with van der Waals surface area (Å²) in [4.78, 5) is 40.8. The van der Waals surface area contributed by atoms with Crippen LogP contribution in [0, 0.1) is 11.8 Å². The zero-order valence-electron chi connectivity index (χ0n) is 17.3. The van der Waals surface area contributed by atoms with Gasteiger partial charge in [0.2, 0.25) is 0 Å². The number of hydrogen-bond donors (Lipinski definition) is 1. The Labute approximate surface area is 184 Å². The standard InChI is InChI=1S/C24H23N3O5/c25-21-11-12-27(24(30)26-21)20-13-18(14-31-22(28)16-7-3-1-4-8-16)19(20)15-32-23(29)17-9-5-2-6-10-17/h1-12,18-20H,13-15H2,(H2,25,26,30)/t18-,19-,20-/m0/s1. The number of ether oxygens (including phenoxy) is 2. The summed E-state index contributed by atoms with van der Waals surface area (Å²) >= 11 is 0. The summed E-state index contributed by atoms with van der Waals surface area (Å²) in [5.41, 5.74) is 6.05. The van der Waals surface area contributed by atoms with E-state index in [2.05, 4.69) is 4.98 Å². The summed E-state index contributed by atoms with van der Waals surface area (Å²) in [6.07, 6.45) is 2.18. The molecule has 1 aromatic heterocycles. The molecule has 0 unspecified atom stereocenters. The molecule has 3 aromatic rings. The maximum atomic E-state index is 12.4. The van der Waals surface area contributed by atoms with E-state index in [0.29, 0.717) is 17.5 Å². The second-order valence-corrected chi connectivity index (χ2v) is 7.70. The first-order chi connectivity index (χ1) is 15.5. The van der Waals surface area contributed by atoms with Gasteiger partial charge in [-0.25, -0.2) is 14.4 Å². The van der Waals surface area contributed by atoms with Crippen molar-refractivity contribution in [2.45, 2.75) is 12.5 Å². The number of carbonyl (C=O) groups is 2. The Morgan fingerprint density at radius 2 is 1.47 bits per heavy atom. The molecule has 8 heteroatoms. The normalized spacial score (nSPS) is 19.6. The average molecular weight is 433 g/mol. The van der Waals surface area contributed by atoms with Crippen molar-refractivity contribution >= 4 is 17.8 Å². The van der Waals surface area contributed by atoms with E-state index in [1.54, 1.807) is 60.8 Å². The van der Waals surface area contributed by atoms with Gasteiger partial charge < -0.3 is 15.2 Å². The highest BCUT2D eigenvalue weighted by Gasteiger charge is 2.44. The molecular formula is C24H23N3O5. The number of anilines is 1. The summed E-state index contributed by atoms with van der Waals surface area (Å²) in [5.74, 6) is -1.000. The van der Waals surface area contributed by atoms with Crippen molar-refractivity contribution in [2.24, 2.45) is 11.8 Å². The molecule has 8 nitrogen and oxygen atoms in total. The molecule has 1 saturated carbocycles. The SMILES string of the molecule is Nc1ccn([C@H]2C[C@@H](COC(=O)c3ccccc3)[C@@H]2COC(=O)c2ccccc2)c(=O)n1. The number of nitrogen functional groups attached to an aromatic ring is 1. The second kappa shape index (κ2) is 9.47. The van der Waals surface area contributed by atoms with Crippen molar-refractivity contribution in [3.63, 3.8) is 0 Å². The van der Waals surface area contributed by atoms with Crippen LogP contribution in [-0.4, -0.2) is 34.7 Å². The molecule has 32 heavy (non-hydrogen) atoms. The quantitative estimate of drug-likeness (QED) is 0.570. The highest BCUT2D eigenvalue weighted by Crippen LogP contribution is 2.44. The first-order valence-corrected chi connectivity index (χ1v) is 10.3. The van der Waals surface area contributed by atoms with E-state index < -0.39 is 17.6 Å². The molecule has 1 aliphatic rings. The van der Waals surface area contributed by atoms with Gasteiger partial charge in [0.1, 0.15) is 5.82 Å². The molecular weight excluding hydrogens is 410 g/mol. The lowest BCUT2D eigenvalue weighted by Gasteiger charge is -2.44. The van der Waals surface area contributed by atoms with Gasteiger partial charge in [-0.3, -0.25) is 4.57 Å². The fourth-order valence-corrected chi connectivity index (χ4v) is 3.88. The van der Waals surface area contributed by atoms with E-state index in [-0.39, 0.29) is 36.9 Å². The van der Waals surface area contributed by atoms with Crippen molar-refractivity contribution < 1.29 is 19.1 Å². The van der Waals surface area contributed by atoms with Crippen molar-refractivity contribution in [1.82, 2.24) is 9.55 Å². The Balaban J connectivity index is 1.45. The first-order valence-electron chi connectivity index (χ1n) is 10.3. The lowest BCUT2D eigenvalue weighted by molar-refractivity contribution is -0.0329. The Hall–Kier alpha value is -3.94. The lowest BCUT2D eigenvalue weighted by atomic mass is 9.69. The predicted molar refractivity (Wildman–Crippen MR) is 117 cm³/mol. The summed E-state index contributed by atoms with van der Waals surface area (Å²) in [6, 6.07) is 18.7. The maximum absolute atomic E-state index is 12.4. The molecule has 0 amide bonds. The number of benzene rings is 2. The van der Waals surface area contributed by atoms with Gasteiger partial charge in [-0.05, 0) is 36.8 Å². The third-order valence-electron chi connectivity index (χ3n) is 5.71. The Bertz CT molecular complexity index is 1150. The number of rotatable bonds is 7. The monoisotopic (exact) mass is 433 g/mol. The van der Waals surface area contributed by atoms with Gasteiger partial charge in [0, 0.05) is 24.1 Å². The average Bonchev–Trinajstić information content (AvgIpc) is 2.80. The number of hydrogen-bond acceptors (Lipinski definition) is 7. The molecule has 0 aliphatic heterocycles. The van der Waals surface area contributed by atoms with Crippen LogP contribution in [-0.2, 0) is 9.47 Å². The summed E-state index contributed by atoms with van der Waals surface area (Å²) in [7, 11) is 0. The summed E-state index contributed by atoms with van der Waals surface area (Å²) in [6.45, 7) is 0.248. The van der Waals surface area contributed by atoms with Gasteiger partial charge in [-0.15, -0.1) is 0 Å². The van der Waals surface area contributed by atoms with Crippen LogP contribution in [0.2, 0.25) is 0 Å². The van der Waals surface area contributed by atoms with Crippen LogP contribution < -0.4 is 11.4 Å². The molecule has 3 atom stereocenters. The Morgan fingerprint density at radius 1 is 0.906 bits per heavy atom. The molecule has 1 aliphatic carbocycles. The molecule has 2 N–H and O–H groups in total. The highest BCUT2D eigenvalue weighted by atomic mass is 16.5. The van der Waals surface area contributed by atoms with E-state index in [0.717, 1.165) is 0 Å². The molecule has 0 bridgehead atoms. The smallest absolute Gasteiger partial charge is 0.349 e. The number of carbonyl (C=O) groups excluding carboxylic acids is 2. The van der Waals surface area contributed by atoms with E-state index in [4.69, 9.17) is 15.2 Å². The lowest BCUT2D eigenvalue weighted by Crippen LogP contribution is -2.47. The van der Waals surface area contributed by atoms with Gasteiger partial charge in [0.25, 0.3) is 0 Å². The van der Waals surface area contributed by atoms with Crippen LogP contribution >= 0.6 is 0 Å². The van der Waals surface area contributed by atoms with E-state index in [1.807, 2.05) is 12.1 Å². The number of nitrogens with two attached hydrogens (primary N) is 1. The van der Waals surface area contributed by atoms with Gasteiger partial charge >= 0.3 is 17.6 Å². The third-order valence-corrected chi connectivity index (χ3v) is 5.71.